The molecule has 2 rings (SSSR count). The molecule has 0 fully saturated rings. The van der Waals surface area contributed by atoms with Gasteiger partial charge < -0.3 is 0 Å². The molecule has 0 aliphatic rings. The first-order valence-electron chi connectivity index (χ1n) is 6.44. The molecule has 19 heavy (non-hydrogen) atoms. The number of hydrogen-bond donors (Lipinski definition) is 0. The average molecular weight is 273 g/mol. The molecule has 0 bridgehead atoms. The Kier molecular flexibility index (Phi) is 4.39. The summed E-state index contributed by atoms with van der Waals surface area (Å²) in [6, 6.07) is 15.3. The number of ketones is 1. The molecule has 0 heterocycles. The lowest BCUT2D eigenvalue weighted by atomic mass is 9.98. The minimum Gasteiger partial charge on any atom is -0.294 e. The van der Waals surface area contributed by atoms with E-state index in [4.69, 9.17) is 11.6 Å². The van der Waals surface area contributed by atoms with Crippen molar-refractivity contribution < 1.29 is 4.79 Å². The summed E-state index contributed by atoms with van der Waals surface area (Å²) in [4.78, 5) is 12.1. The lowest BCUT2D eigenvalue weighted by Crippen LogP contribution is -2.03. The Morgan fingerprint density at radius 3 is 2.11 bits per heavy atom. The Bertz CT molecular complexity index is 553. The third-order valence-corrected chi connectivity index (χ3v) is 3.43. The van der Waals surface area contributed by atoms with Gasteiger partial charge in [-0.15, -0.1) is 0 Å². The molecule has 0 saturated heterocycles. The van der Waals surface area contributed by atoms with Crippen molar-refractivity contribution in [2.75, 3.05) is 0 Å². The molecule has 0 aromatic heterocycles. The maximum atomic E-state index is 12.1. The number of rotatable bonds is 4. The van der Waals surface area contributed by atoms with Crippen molar-refractivity contribution in [1.82, 2.24) is 0 Å². The van der Waals surface area contributed by atoms with Gasteiger partial charge in [-0.3, -0.25) is 4.79 Å². The van der Waals surface area contributed by atoms with Gasteiger partial charge in [0.1, 0.15) is 0 Å². The summed E-state index contributed by atoms with van der Waals surface area (Å²) in [6.45, 7) is 4.29. The zero-order valence-electron chi connectivity index (χ0n) is 11.2. The second kappa shape index (κ2) is 6.03. The van der Waals surface area contributed by atoms with Gasteiger partial charge in [-0.1, -0.05) is 61.8 Å². The van der Waals surface area contributed by atoms with Crippen molar-refractivity contribution in [3.63, 3.8) is 0 Å². The molecule has 98 valence electrons. The molecule has 0 saturated carbocycles. The van der Waals surface area contributed by atoms with Crippen molar-refractivity contribution in [3.8, 4) is 0 Å². The quantitative estimate of drug-likeness (QED) is 0.724. The normalized spacial score (nSPS) is 10.7. The van der Waals surface area contributed by atoms with Crippen LogP contribution in [0.25, 0.3) is 0 Å². The third-order valence-electron chi connectivity index (χ3n) is 3.18. The van der Waals surface area contributed by atoms with E-state index < -0.39 is 0 Å². The third kappa shape index (κ3) is 3.68. The fourth-order valence-corrected chi connectivity index (χ4v) is 2.07. The van der Waals surface area contributed by atoms with Gasteiger partial charge in [-0.2, -0.15) is 0 Å². The fourth-order valence-electron chi connectivity index (χ4n) is 1.94. The first-order valence-corrected chi connectivity index (χ1v) is 6.81. The Morgan fingerprint density at radius 2 is 1.58 bits per heavy atom. The maximum absolute atomic E-state index is 12.1. The van der Waals surface area contributed by atoms with Crippen LogP contribution in [0.1, 0.15) is 41.3 Å². The largest absolute Gasteiger partial charge is 0.294 e. The van der Waals surface area contributed by atoms with Crippen molar-refractivity contribution in [2.45, 2.75) is 26.2 Å². The molecule has 1 nitrogen and oxygen atoms in total. The lowest BCUT2D eigenvalue weighted by Gasteiger charge is -2.06. The number of Topliss-reactive ketones (excluding diaryl/α,β-unsaturated/α-hetero) is 1. The molecular formula is C17H17ClO. The number of benzene rings is 2. The van der Waals surface area contributed by atoms with Gasteiger partial charge in [0, 0.05) is 17.0 Å². The van der Waals surface area contributed by atoms with Gasteiger partial charge in [0.25, 0.3) is 0 Å². The highest BCUT2D eigenvalue weighted by Gasteiger charge is 2.07. The van der Waals surface area contributed by atoms with E-state index in [-0.39, 0.29) is 5.78 Å². The van der Waals surface area contributed by atoms with E-state index in [0.717, 1.165) is 11.1 Å². The van der Waals surface area contributed by atoms with Crippen LogP contribution in [0.4, 0.5) is 0 Å². The van der Waals surface area contributed by atoms with Crippen LogP contribution < -0.4 is 0 Å². The SMILES string of the molecule is CC(C)c1ccc(C(=O)Cc2ccc(Cl)cc2)cc1. The molecular weight excluding hydrogens is 256 g/mol. The molecule has 0 aliphatic carbocycles. The van der Waals surface area contributed by atoms with Gasteiger partial charge in [-0.25, -0.2) is 0 Å². The van der Waals surface area contributed by atoms with E-state index >= 15 is 0 Å². The van der Waals surface area contributed by atoms with Crippen LogP contribution in [-0.2, 0) is 6.42 Å². The van der Waals surface area contributed by atoms with E-state index in [1.165, 1.54) is 5.56 Å². The van der Waals surface area contributed by atoms with Gasteiger partial charge in [0.05, 0.1) is 0 Å². The van der Waals surface area contributed by atoms with Crippen LogP contribution in [-0.4, -0.2) is 5.78 Å². The smallest absolute Gasteiger partial charge is 0.167 e. The van der Waals surface area contributed by atoms with Crippen molar-refractivity contribution in [1.29, 1.82) is 0 Å². The fraction of sp³-hybridized carbons (Fsp3) is 0.235. The zero-order valence-corrected chi connectivity index (χ0v) is 11.9. The first-order chi connectivity index (χ1) is 9.06. The van der Waals surface area contributed by atoms with Crippen LogP contribution >= 0.6 is 11.6 Å². The van der Waals surface area contributed by atoms with Gasteiger partial charge in [0.2, 0.25) is 0 Å². The zero-order chi connectivity index (χ0) is 13.8. The van der Waals surface area contributed by atoms with Crippen molar-refractivity contribution >= 4 is 17.4 Å². The summed E-state index contributed by atoms with van der Waals surface area (Å²) < 4.78 is 0. The molecule has 0 atom stereocenters. The molecule has 0 N–H and O–H groups in total. The van der Waals surface area contributed by atoms with Crippen molar-refractivity contribution in [3.05, 3.63) is 70.2 Å². The van der Waals surface area contributed by atoms with E-state index in [0.29, 0.717) is 17.4 Å². The molecule has 0 aliphatic heterocycles. The maximum Gasteiger partial charge on any atom is 0.167 e. The monoisotopic (exact) mass is 272 g/mol. The second-order valence-corrected chi connectivity index (χ2v) is 5.44. The summed E-state index contributed by atoms with van der Waals surface area (Å²) in [7, 11) is 0. The number of carbonyl (C=O) groups excluding carboxylic acids is 1. The summed E-state index contributed by atoms with van der Waals surface area (Å²) >= 11 is 5.83. The van der Waals surface area contributed by atoms with Gasteiger partial charge in [0.15, 0.2) is 5.78 Å². The highest BCUT2D eigenvalue weighted by molar-refractivity contribution is 6.30. The van der Waals surface area contributed by atoms with E-state index in [2.05, 4.69) is 13.8 Å². The molecule has 0 radical (unpaired) electrons. The molecule has 0 unspecified atom stereocenters. The Hall–Kier alpha value is -1.60. The molecule has 2 aromatic rings. The van der Waals surface area contributed by atoms with E-state index in [1.54, 1.807) is 0 Å². The van der Waals surface area contributed by atoms with Gasteiger partial charge >= 0.3 is 0 Å². The molecule has 2 aromatic carbocycles. The highest BCUT2D eigenvalue weighted by atomic mass is 35.5. The molecule has 0 spiro atoms. The Labute approximate surface area is 119 Å². The minimum absolute atomic E-state index is 0.137. The highest BCUT2D eigenvalue weighted by Crippen LogP contribution is 2.16. The summed E-state index contributed by atoms with van der Waals surface area (Å²) in [5, 5.41) is 0.692. The molecule has 2 heteroatoms. The Morgan fingerprint density at radius 1 is 1.00 bits per heavy atom. The van der Waals surface area contributed by atoms with Crippen LogP contribution in [0.5, 0.6) is 0 Å². The van der Waals surface area contributed by atoms with Crippen LogP contribution in [0.3, 0.4) is 0 Å². The Balaban J connectivity index is 2.09. The lowest BCUT2D eigenvalue weighted by molar-refractivity contribution is 0.0993. The second-order valence-electron chi connectivity index (χ2n) is 5.00. The topological polar surface area (TPSA) is 17.1 Å². The average Bonchev–Trinajstić information content (AvgIpc) is 2.41. The first kappa shape index (κ1) is 13.8. The van der Waals surface area contributed by atoms with Crippen LogP contribution in [0.15, 0.2) is 48.5 Å². The summed E-state index contributed by atoms with van der Waals surface area (Å²) in [6.07, 6.45) is 0.415. The van der Waals surface area contributed by atoms with Crippen molar-refractivity contribution in [2.24, 2.45) is 0 Å². The number of carbonyl (C=O) groups is 1. The number of halogens is 1. The van der Waals surface area contributed by atoms with Crippen LogP contribution in [0.2, 0.25) is 5.02 Å². The minimum atomic E-state index is 0.137. The van der Waals surface area contributed by atoms with Crippen LogP contribution in [0, 0.1) is 0 Å². The summed E-state index contributed by atoms with van der Waals surface area (Å²) in [5.41, 5.74) is 3.00. The standard InChI is InChI=1S/C17H17ClO/c1-12(2)14-5-7-15(8-6-14)17(19)11-13-3-9-16(18)10-4-13/h3-10,12H,11H2,1-2H3. The summed E-state index contributed by atoms with van der Waals surface area (Å²) in [5.74, 6) is 0.623. The predicted octanol–water partition coefficient (Wildman–Crippen LogP) is 4.89. The van der Waals surface area contributed by atoms with Gasteiger partial charge in [-0.05, 0) is 29.2 Å². The number of hydrogen-bond acceptors (Lipinski definition) is 1. The van der Waals surface area contributed by atoms with E-state index in [1.807, 2.05) is 48.5 Å². The van der Waals surface area contributed by atoms with E-state index in [9.17, 15) is 4.79 Å². The predicted molar refractivity (Wildman–Crippen MR) is 80.0 cm³/mol. The molecule has 0 amide bonds.